The van der Waals surface area contributed by atoms with Gasteiger partial charge in [0, 0.05) is 17.8 Å². The number of alkyl halides is 3. The average molecular weight is 408 g/mol. The Morgan fingerprint density at radius 3 is 2.29 bits per heavy atom. The van der Waals surface area contributed by atoms with Gasteiger partial charge in [-0.05, 0) is 30.3 Å². The fourth-order valence-corrected chi connectivity index (χ4v) is 2.68. The van der Waals surface area contributed by atoms with E-state index in [4.69, 9.17) is 10.5 Å². The number of nitrogens with one attached hydrogen (secondary N) is 1. The molecule has 0 saturated carbocycles. The molecule has 0 fully saturated rings. The number of benzene rings is 1. The van der Waals surface area contributed by atoms with Gasteiger partial charge in [-0.3, -0.25) is 14.9 Å². The molecule has 3 N–H and O–H groups in total. The largest absolute Gasteiger partial charge is 0.439 e. The summed E-state index contributed by atoms with van der Waals surface area (Å²) in [6, 6.07) is 7.80. The van der Waals surface area contributed by atoms with Crippen molar-refractivity contribution in [3.8, 4) is 11.6 Å². The summed E-state index contributed by atoms with van der Waals surface area (Å²) < 4.78 is 42.9. The van der Waals surface area contributed by atoms with Crippen molar-refractivity contribution in [3.63, 3.8) is 0 Å². The van der Waals surface area contributed by atoms with Gasteiger partial charge in [-0.1, -0.05) is 11.3 Å². The number of halogens is 3. The van der Waals surface area contributed by atoms with E-state index in [1.807, 2.05) is 0 Å². The van der Waals surface area contributed by atoms with Crippen LogP contribution >= 0.6 is 11.3 Å². The Bertz CT molecular complexity index is 1000. The first kappa shape index (κ1) is 19.3. The van der Waals surface area contributed by atoms with E-state index in [-0.39, 0.29) is 27.2 Å². The van der Waals surface area contributed by atoms with Crippen LogP contribution in [0.3, 0.4) is 0 Å². The fourth-order valence-electron chi connectivity index (χ4n) is 2.02. The van der Waals surface area contributed by atoms with Gasteiger partial charge in [0.05, 0.1) is 11.8 Å². The van der Waals surface area contributed by atoms with Crippen LogP contribution in [-0.4, -0.2) is 21.8 Å². The lowest BCUT2D eigenvalue weighted by Gasteiger charge is -2.08. The van der Waals surface area contributed by atoms with Gasteiger partial charge in [0.15, 0.2) is 5.13 Å². The van der Waals surface area contributed by atoms with Crippen molar-refractivity contribution >= 4 is 28.3 Å². The molecule has 0 radical (unpaired) electrons. The number of primary amides is 1. The van der Waals surface area contributed by atoms with Crippen molar-refractivity contribution in [2.45, 2.75) is 6.18 Å². The number of amides is 2. The van der Waals surface area contributed by atoms with Gasteiger partial charge >= 0.3 is 6.18 Å². The van der Waals surface area contributed by atoms with Crippen LogP contribution in [0.25, 0.3) is 0 Å². The van der Waals surface area contributed by atoms with Crippen LogP contribution in [0.15, 0.2) is 48.8 Å². The molecule has 3 aromatic rings. The number of nitrogens with two attached hydrogens (primary N) is 1. The van der Waals surface area contributed by atoms with Gasteiger partial charge in [-0.2, -0.15) is 13.2 Å². The molecule has 3 rings (SSSR count). The van der Waals surface area contributed by atoms with Crippen LogP contribution in [0.5, 0.6) is 11.6 Å². The molecular formula is C17H11F3N4O3S. The Morgan fingerprint density at radius 1 is 1.04 bits per heavy atom. The summed E-state index contributed by atoms with van der Waals surface area (Å²) in [5.41, 5.74) is 4.52. The zero-order chi connectivity index (χ0) is 20.3. The first-order valence-electron chi connectivity index (χ1n) is 7.60. The maximum Gasteiger partial charge on any atom is 0.417 e. The third kappa shape index (κ3) is 4.62. The molecule has 0 saturated heterocycles. The number of carbonyl (C=O) groups is 2. The summed E-state index contributed by atoms with van der Waals surface area (Å²) >= 11 is 0.941. The number of pyridine rings is 1. The van der Waals surface area contributed by atoms with E-state index in [1.54, 1.807) is 0 Å². The highest BCUT2D eigenvalue weighted by Crippen LogP contribution is 2.30. The monoisotopic (exact) mass is 408 g/mol. The number of hydrogen-bond donors (Lipinski definition) is 2. The highest BCUT2D eigenvalue weighted by molar-refractivity contribution is 7.17. The Labute approximate surface area is 160 Å². The molecule has 28 heavy (non-hydrogen) atoms. The van der Waals surface area contributed by atoms with E-state index in [1.165, 1.54) is 30.5 Å². The Kier molecular flexibility index (Phi) is 5.27. The van der Waals surface area contributed by atoms with Crippen LogP contribution in [0.1, 0.15) is 25.6 Å². The molecule has 0 aliphatic heterocycles. The molecule has 0 unspecified atom stereocenters. The number of ether oxygens (including phenoxy) is 1. The standard InChI is InChI=1S/C17H11F3N4O3S/c18-17(19,20)10-3-6-13(22-7-10)27-11-4-1-9(2-5-11)15(26)24-16-23-8-12(28-16)14(21)25/h1-8H,(H2,21,25)(H,23,24,26). The first-order valence-corrected chi connectivity index (χ1v) is 8.42. The minimum Gasteiger partial charge on any atom is -0.439 e. The Morgan fingerprint density at radius 2 is 1.75 bits per heavy atom. The Balaban J connectivity index is 1.64. The number of nitrogens with zero attached hydrogens (tertiary/aromatic N) is 2. The predicted molar refractivity (Wildman–Crippen MR) is 94.3 cm³/mol. The number of hydrogen-bond acceptors (Lipinski definition) is 6. The second-order valence-electron chi connectivity index (χ2n) is 5.36. The molecule has 2 heterocycles. The van der Waals surface area contributed by atoms with Crippen molar-refractivity contribution in [3.05, 3.63) is 64.8 Å². The van der Waals surface area contributed by atoms with E-state index < -0.39 is 23.6 Å². The number of aromatic nitrogens is 2. The van der Waals surface area contributed by atoms with Crippen molar-refractivity contribution in [1.29, 1.82) is 0 Å². The van der Waals surface area contributed by atoms with Crippen molar-refractivity contribution in [2.24, 2.45) is 5.73 Å². The summed E-state index contributed by atoms with van der Waals surface area (Å²) in [4.78, 5) is 30.9. The fraction of sp³-hybridized carbons (Fsp3) is 0.0588. The Hall–Kier alpha value is -3.47. The van der Waals surface area contributed by atoms with Gasteiger partial charge in [-0.15, -0.1) is 0 Å². The van der Waals surface area contributed by atoms with Crippen LogP contribution in [-0.2, 0) is 6.18 Å². The van der Waals surface area contributed by atoms with Crippen LogP contribution in [0.4, 0.5) is 18.3 Å². The zero-order valence-corrected chi connectivity index (χ0v) is 14.7. The van der Waals surface area contributed by atoms with Crippen LogP contribution in [0, 0.1) is 0 Å². The molecule has 1 aromatic carbocycles. The smallest absolute Gasteiger partial charge is 0.417 e. The predicted octanol–water partition coefficient (Wildman–Crippen LogP) is 3.70. The number of rotatable bonds is 5. The molecule has 0 aliphatic carbocycles. The summed E-state index contributed by atoms with van der Waals surface area (Å²) in [7, 11) is 0. The van der Waals surface area contributed by atoms with E-state index in [0.717, 1.165) is 23.5 Å². The summed E-state index contributed by atoms with van der Waals surface area (Å²) in [6.45, 7) is 0. The summed E-state index contributed by atoms with van der Waals surface area (Å²) in [6.07, 6.45) is -2.54. The van der Waals surface area contributed by atoms with Gasteiger partial charge in [0.1, 0.15) is 10.6 Å². The molecule has 0 spiro atoms. The average Bonchev–Trinajstić information content (AvgIpc) is 3.11. The molecule has 0 aliphatic rings. The third-order valence-electron chi connectivity index (χ3n) is 3.37. The molecule has 2 aromatic heterocycles. The van der Waals surface area contributed by atoms with Crippen LogP contribution in [0.2, 0.25) is 0 Å². The van der Waals surface area contributed by atoms with Crippen molar-refractivity contribution in [1.82, 2.24) is 9.97 Å². The van der Waals surface area contributed by atoms with Gasteiger partial charge < -0.3 is 10.5 Å². The zero-order valence-electron chi connectivity index (χ0n) is 13.9. The van der Waals surface area contributed by atoms with Crippen molar-refractivity contribution < 1.29 is 27.5 Å². The maximum absolute atomic E-state index is 12.5. The second-order valence-corrected chi connectivity index (χ2v) is 6.39. The minimum absolute atomic E-state index is 0.0213. The second kappa shape index (κ2) is 7.64. The lowest BCUT2D eigenvalue weighted by atomic mass is 10.2. The topological polar surface area (TPSA) is 107 Å². The molecular weight excluding hydrogens is 397 g/mol. The molecule has 11 heteroatoms. The molecule has 0 bridgehead atoms. The number of anilines is 1. The molecule has 144 valence electrons. The minimum atomic E-state index is -4.48. The van der Waals surface area contributed by atoms with E-state index >= 15 is 0 Å². The molecule has 0 atom stereocenters. The highest BCUT2D eigenvalue weighted by atomic mass is 32.1. The normalized spacial score (nSPS) is 11.1. The van der Waals surface area contributed by atoms with Gasteiger partial charge in [-0.25, -0.2) is 9.97 Å². The third-order valence-corrected chi connectivity index (χ3v) is 4.30. The highest BCUT2D eigenvalue weighted by Gasteiger charge is 2.30. The summed E-state index contributed by atoms with van der Waals surface area (Å²) in [5, 5.41) is 2.74. The quantitative estimate of drug-likeness (QED) is 0.669. The van der Waals surface area contributed by atoms with Crippen LogP contribution < -0.4 is 15.8 Å². The van der Waals surface area contributed by atoms with Gasteiger partial charge in [0.25, 0.3) is 11.8 Å². The van der Waals surface area contributed by atoms with E-state index in [0.29, 0.717) is 6.20 Å². The number of carbonyl (C=O) groups excluding carboxylic acids is 2. The number of thiazole rings is 1. The lowest BCUT2D eigenvalue weighted by molar-refractivity contribution is -0.137. The van der Waals surface area contributed by atoms with Crippen molar-refractivity contribution in [2.75, 3.05) is 5.32 Å². The molecule has 2 amide bonds. The van der Waals surface area contributed by atoms with E-state index in [9.17, 15) is 22.8 Å². The summed E-state index contributed by atoms with van der Waals surface area (Å²) in [5.74, 6) is -0.845. The van der Waals surface area contributed by atoms with Gasteiger partial charge in [0.2, 0.25) is 5.88 Å². The maximum atomic E-state index is 12.5. The van der Waals surface area contributed by atoms with E-state index in [2.05, 4.69) is 15.3 Å². The molecule has 7 nitrogen and oxygen atoms in total. The first-order chi connectivity index (χ1) is 13.2. The SMILES string of the molecule is NC(=O)c1cnc(NC(=O)c2ccc(Oc3ccc(C(F)(F)F)cn3)cc2)s1. The lowest BCUT2D eigenvalue weighted by Crippen LogP contribution is -2.11.